The number of benzene rings is 3. The van der Waals surface area contributed by atoms with Crippen molar-refractivity contribution in [2.24, 2.45) is 4.99 Å². The Morgan fingerprint density at radius 1 is 1.20 bits per heavy atom. The quantitative estimate of drug-likeness (QED) is 0.182. The Morgan fingerprint density at radius 3 is 2.54 bits per heavy atom. The summed E-state index contributed by atoms with van der Waals surface area (Å²) in [5.41, 5.74) is 1.14. The Bertz CT molecular complexity index is 1880. The molecule has 1 aromatic heterocycles. The van der Waals surface area contributed by atoms with E-state index in [9.17, 15) is 24.8 Å². The molecule has 0 saturated carbocycles. The molecule has 0 saturated heterocycles. The van der Waals surface area contributed by atoms with Crippen LogP contribution < -0.4 is 19.6 Å². The van der Waals surface area contributed by atoms with Crippen molar-refractivity contribution in [2.45, 2.75) is 13.0 Å². The number of carbonyl (C=O) groups excluding carboxylic acids is 1. The van der Waals surface area contributed by atoms with Gasteiger partial charge in [0.05, 0.1) is 45.0 Å². The number of hydrogen-bond acceptors (Lipinski definition) is 9. The monoisotopic (exact) mass is 635 g/mol. The predicted molar refractivity (Wildman–Crippen MR) is 157 cm³/mol. The van der Waals surface area contributed by atoms with Crippen molar-refractivity contribution in [1.29, 1.82) is 0 Å². The van der Waals surface area contributed by atoms with Crippen molar-refractivity contribution in [1.82, 2.24) is 4.57 Å². The number of halogens is 1. The number of methoxy groups -OCH3 is 1. The highest BCUT2D eigenvalue weighted by molar-refractivity contribution is 9.10. The molecule has 3 aromatic carbocycles. The lowest BCUT2D eigenvalue weighted by Crippen LogP contribution is -2.40. The largest absolute Gasteiger partial charge is 0.506 e. The van der Waals surface area contributed by atoms with Gasteiger partial charge in [0.15, 0.2) is 4.80 Å². The first-order chi connectivity index (χ1) is 19.7. The number of phenolic OH excluding ortho intramolecular Hbond substituents is 1. The maximum absolute atomic E-state index is 14.0. The van der Waals surface area contributed by atoms with E-state index in [0.29, 0.717) is 27.4 Å². The van der Waals surface area contributed by atoms with Gasteiger partial charge in [-0.3, -0.25) is 19.5 Å². The summed E-state index contributed by atoms with van der Waals surface area (Å²) in [7, 11) is 1.54. The number of aromatic hydroxyl groups is 1. The predicted octanol–water partition coefficient (Wildman–Crippen LogP) is 4.32. The number of aromatic nitrogens is 1. The van der Waals surface area contributed by atoms with Crippen molar-refractivity contribution < 1.29 is 24.3 Å². The Balaban J connectivity index is 1.83. The standard InChI is InChI=1S/C29H22BrN3O7S/c1-3-40-28(36)23-24(16-7-5-4-6-8-16)31-29-32(25(23)17-9-11-20(39-2)12-10-17)27(35)22(41-29)14-18-13-19(33(37)38)15-21(30)26(18)34/h4-15,25,34H,3H2,1-2H3/b22-14-/t25-/m0/s1. The Morgan fingerprint density at radius 2 is 1.90 bits per heavy atom. The van der Waals surface area contributed by atoms with Crippen LogP contribution in [-0.2, 0) is 9.53 Å². The summed E-state index contributed by atoms with van der Waals surface area (Å²) in [6.45, 7) is 1.81. The van der Waals surface area contributed by atoms with Crippen molar-refractivity contribution in [3.05, 3.63) is 123 Å². The molecule has 4 aromatic rings. The maximum Gasteiger partial charge on any atom is 0.338 e. The van der Waals surface area contributed by atoms with E-state index in [4.69, 9.17) is 14.5 Å². The molecule has 0 spiro atoms. The van der Waals surface area contributed by atoms with Gasteiger partial charge in [-0.1, -0.05) is 53.8 Å². The molecule has 208 valence electrons. The molecule has 1 aliphatic rings. The number of carbonyl (C=O) groups is 1. The van der Waals surface area contributed by atoms with Crippen molar-refractivity contribution >= 4 is 50.7 Å². The fourth-order valence-corrected chi connectivity index (χ4v) is 5.96. The Labute approximate surface area is 245 Å². The molecule has 1 aliphatic heterocycles. The number of nitrogens with zero attached hydrogens (tertiary/aromatic N) is 3. The molecule has 0 unspecified atom stereocenters. The van der Waals surface area contributed by atoms with Gasteiger partial charge in [-0.15, -0.1) is 0 Å². The van der Waals surface area contributed by atoms with E-state index in [1.165, 1.54) is 29.9 Å². The van der Waals surface area contributed by atoms with Crippen molar-refractivity contribution in [3.8, 4) is 11.5 Å². The fourth-order valence-electron chi connectivity index (χ4n) is 4.50. The van der Waals surface area contributed by atoms with E-state index < -0.39 is 22.5 Å². The molecule has 1 atom stereocenters. The number of phenols is 1. The highest BCUT2D eigenvalue weighted by Gasteiger charge is 2.35. The summed E-state index contributed by atoms with van der Waals surface area (Å²) in [6.07, 6.45) is 1.37. The normalized spacial score (nSPS) is 14.8. The van der Waals surface area contributed by atoms with Crippen LogP contribution >= 0.6 is 27.3 Å². The zero-order chi connectivity index (χ0) is 29.3. The lowest BCUT2D eigenvalue weighted by atomic mass is 9.93. The van der Waals surface area contributed by atoms with Crippen molar-refractivity contribution in [3.63, 3.8) is 0 Å². The number of nitro groups is 1. The van der Waals surface area contributed by atoms with Crippen LogP contribution in [0.3, 0.4) is 0 Å². The van der Waals surface area contributed by atoms with Gasteiger partial charge in [0.2, 0.25) is 0 Å². The molecule has 10 nitrogen and oxygen atoms in total. The minimum absolute atomic E-state index is 0.0743. The number of thiazole rings is 1. The summed E-state index contributed by atoms with van der Waals surface area (Å²) < 4.78 is 12.4. The molecular weight excluding hydrogens is 614 g/mol. The molecule has 2 heterocycles. The fraction of sp³-hybridized carbons (Fsp3) is 0.138. The van der Waals surface area contributed by atoms with Crippen LogP contribution in [-0.4, -0.2) is 34.3 Å². The van der Waals surface area contributed by atoms with E-state index >= 15 is 0 Å². The van der Waals surface area contributed by atoms with Crippen LogP contribution in [0.1, 0.15) is 29.7 Å². The van der Waals surface area contributed by atoms with Crippen LogP contribution in [0.5, 0.6) is 11.5 Å². The molecular formula is C29H22BrN3O7S. The zero-order valence-corrected chi connectivity index (χ0v) is 24.1. The molecule has 5 rings (SSSR count). The number of rotatable bonds is 7. The lowest BCUT2D eigenvalue weighted by molar-refractivity contribution is -0.385. The highest BCUT2D eigenvalue weighted by Crippen LogP contribution is 2.36. The summed E-state index contributed by atoms with van der Waals surface area (Å²) in [6, 6.07) is 17.6. The average Bonchev–Trinajstić information content (AvgIpc) is 3.29. The van der Waals surface area contributed by atoms with Crippen LogP contribution in [0.25, 0.3) is 11.8 Å². The molecule has 0 bridgehead atoms. The third-order valence-corrected chi connectivity index (χ3v) is 7.97. The lowest BCUT2D eigenvalue weighted by Gasteiger charge is -2.26. The first-order valence-electron chi connectivity index (χ1n) is 12.3. The van der Waals surface area contributed by atoms with Crippen molar-refractivity contribution in [2.75, 3.05) is 13.7 Å². The summed E-state index contributed by atoms with van der Waals surface area (Å²) >= 11 is 4.18. The summed E-state index contributed by atoms with van der Waals surface area (Å²) in [4.78, 5) is 43.4. The van der Waals surface area contributed by atoms with Crippen LogP contribution in [0.15, 0.2) is 86.6 Å². The Hall–Kier alpha value is -4.55. The maximum atomic E-state index is 14.0. The average molecular weight is 636 g/mol. The van der Waals surface area contributed by atoms with Crippen LogP contribution in [0.2, 0.25) is 0 Å². The topological polar surface area (TPSA) is 133 Å². The number of hydrogen-bond donors (Lipinski definition) is 1. The number of fused-ring (bicyclic) bond motifs is 1. The van der Waals surface area contributed by atoms with Gasteiger partial charge < -0.3 is 14.6 Å². The van der Waals surface area contributed by atoms with Gasteiger partial charge in [-0.25, -0.2) is 9.79 Å². The summed E-state index contributed by atoms with van der Waals surface area (Å²) in [5.74, 6) is -0.284. The second-order valence-corrected chi connectivity index (χ2v) is 10.7. The molecule has 0 amide bonds. The van der Waals surface area contributed by atoms with Gasteiger partial charge in [0.25, 0.3) is 11.2 Å². The van der Waals surface area contributed by atoms with E-state index in [1.807, 2.05) is 30.3 Å². The molecule has 41 heavy (non-hydrogen) atoms. The Kier molecular flexibility index (Phi) is 7.86. The number of non-ortho nitro benzene ring substituents is 1. The van der Waals surface area contributed by atoms with E-state index in [-0.39, 0.29) is 38.2 Å². The molecule has 12 heteroatoms. The minimum Gasteiger partial charge on any atom is -0.506 e. The van der Waals surface area contributed by atoms with Gasteiger partial charge in [-0.2, -0.15) is 0 Å². The first kappa shape index (κ1) is 28.0. The highest BCUT2D eigenvalue weighted by atomic mass is 79.9. The number of esters is 1. The summed E-state index contributed by atoms with van der Waals surface area (Å²) in [5, 5.41) is 22.0. The second-order valence-electron chi connectivity index (χ2n) is 8.83. The number of nitro benzene ring substituents is 1. The van der Waals surface area contributed by atoms with Crippen LogP contribution in [0, 0.1) is 10.1 Å². The first-order valence-corrected chi connectivity index (χ1v) is 13.9. The van der Waals surface area contributed by atoms with Gasteiger partial charge in [0, 0.05) is 23.3 Å². The van der Waals surface area contributed by atoms with Gasteiger partial charge in [-0.05, 0) is 46.6 Å². The number of ether oxygens (including phenoxy) is 2. The third kappa shape index (κ3) is 5.31. The molecule has 1 N–H and O–H groups in total. The van der Waals surface area contributed by atoms with E-state index in [1.54, 1.807) is 31.2 Å². The molecule has 0 radical (unpaired) electrons. The smallest absolute Gasteiger partial charge is 0.338 e. The van der Waals surface area contributed by atoms with Crippen LogP contribution in [0.4, 0.5) is 5.69 Å². The SMILES string of the molecule is CCOC(=O)C1=C(c2ccccc2)N=c2s/c(=C\c3cc([N+](=O)[O-])cc(Br)c3O)c(=O)n2[C@H]1c1ccc(OC)cc1. The zero-order valence-electron chi connectivity index (χ0n) is 21.7. The minimum atomic E-state index is -0.904. The molecule has 0 aliphatic carbocycles. The second kappa shape index (κ2) is 11.5. The van der Waals surface area contributed by atoms with E-state index in [2.05, 4.69) is 15.9 Å². The third-order valence-electron chi connectivity index (χ3n) is 6.38. The van der Waals surface area contributed by atoms with E-state index in [0.717, 1.165) is 11.3 Å². The van der Waals surface area contributed by atoms with Gasteiger partial charge >= 0.3 is 5.97 Å². The molecule has 0 fully saturated rings. The van der Waals surface area contributed by atoms with Gasteiger partial charge in [0.1, 0.15) is 11.5 Å².